The van der Waals surface area contributed by atoms with E-state index in [2.05, 4.69) is 36.0 Å². The third kappa shape index (κ3) is 4.10. The number of aromatic nitrogens is 7. The molecule has 0 saturated carbocycles. The Kier molecular flexibility index (Phi) is 5.15. The minimum atomic E-state index is -0.256. The summed E-state index contributed by atoms with van der Waals surface area (Å²) in [5.74, 6) is 0.647. The minimum absolute atomic E-state index is 0.256. The van der Waals surface area contributed by atoms with Gasteiger partial charge in [0.05, 0.1) is 12.1 Å². The maximum atomic E-state index is 12.9. The van der Waals surface area contributed by atoms with Crippen LogP contribution >= 0.6 is 0 Å². The van der Waals surface area contributed by atoms with Gasteiger partial charge in [-0.15, -0.1) is 5.10 Å². The molecule has 10 heteroatoms. The average molecular weight is 424 g/mol. The van der Waals surface area contributed by atoms with E-state index in [9.17, 15) is 4.79 Å². The molecule has 0 aliphatic heterocycles. The SMILES string of the molecule is O=C(Nc1ccccc1Cc1nc(-c2cccnc2)no1)c1cccc(-n2cnnn2)c1. The molecule has 2 aromatic carbocycles. The first kappa shape index (κ1) is 19.2. The predicted molar refractivity (Wildman–Crippen MR) is 114 cm³/mol. The molecule has 0 aliphatic carbocycles. The van der Waals surface area contributed by atoms with Crippen LogP contribution < -0.4 is 5.32 Å². The fraction of sp³-hybridized carbons (Fsp3) is 0.0455. The second-order valence-corrected chi connectivity index (χ2v) is 6.85. The molecule has 0 aliphatic rings. The highest BCUT2D eigenvalue weighted by atomic mass is 16.5. The van der Waals surface area contributed by atoms with Crippen LogP contribution in [0.3, 0.4) is 0 Å². The number of nitrogens with one attached hydrogen (secondary N) is 1. The summed E-state index contributed by atoms with van der Waals surface area (Å²) >= 11 is 0. The van der Waals surface area contributed by atoms with Gasteiger partial charge in [0.25, 0.3) is 5.91 Å². The van der Waals surface area contributed by atoms with Crippen molar-refractivity contribution in [2.75, 3.05) is 5.32 Å². The number of rotatable bonds is 6. The van der Waals surface area contributed by atoms with Gasteiger partial charge in [0.1, 0.15) is 6.33 Å². The zero-order valence-electron chi connectivity index (χ0n) is 16.7. The van der Waals surface area contributed by atoms with Crippen LogP contribution in [0.4, 0.5) is 5.69 Å². The lowest BCUT2D eigenvalue weighted by molar-refractivity contribution is 0.102. The molecular formula is C22H16N8O2. The molecule has 1 N–H and O–H groups in total. The van der Waals surface area contributed by atoms with Gasteiger partial charge in [-0.2, -0.15) is 4.98 Å². The first-order valence-electron chi connectivity index (χ1n) is 9.72. The third-order valence-corrected chi connectivity index (χ3v) is 4.72. The zero-order valence-corrected chi connectivity index (χ0v) is 16.7. The van der Waals surface area contributed by atoms with Crippen molar-refractivity contribution < 1.29 is 9.32 Å². The number of pyridine rings is 1. The Morgan fingerprint density at radius 2 is 2.00 bits per heavy atom. The summed E-state index contributed by atoms with van der Waals surface area (Å²) in [4.78, 5) is 21.4. The molecule has 0 spiro atoms. The van der Waals surface area contributed by atoms with Gasteiger partial charge < -0.3 is 9.84 Å². The lowest BCUT2D eigenvalue weighted by atomic mass is 10.1. The number of hydrogen-bond acceptors (Lipinski definition) is 8. The van der Waals surface area contributed by atoms with Crippen molar-refractivity contribution >= 4 is 11.6 Å². The Bertz CT molecular complexity index is 1350. The quantitative estimate of drug-likeness (QED) is 0.441. The molecule has 3 heterocycles. The van der Waals surface area contributed by atoms with Crippen molar-refractivity contribution in [2.24, 2.45) is 0 Å². The predicted octanol–water partition coefficient (Wildman–Crippen LogP) is 2.95. The van der Waals surface area contributed by atoms with Crippen LogP contribution in [-0.4, -0.2) is 41.2 Å². The molecular weight excluding hydrogens is 408 g/mol. The van der Waals surface area contributed by atoms with E-state index in [1.165, 1.54) is 11.0 Å². The van der Waals surface area contributed by atoms with Crippen LogP contribution in [0.1, 0.15) is 21.8 Å². The smallest absolute Gasteiger partial charge is 0.255 e. The molecule has 1 amide bonds. The molecule has 0 fully saturated rings. The maximum Gasteiger partial charge on any atom is 0.255 e. The van der Waals surface area contributed by atoms with E-state index in [-0.39, 0.29) is 5.91 Å². The molecule has 156 valence electrons. The van der Waals surface area contributed by atoms with Gasteiger partial charge in [-0.25, -0.2) is 4.68 Å². The lowest BCUT2D eigenvalue weighted by Crippen LogP contribution is -2.14. The Hall–Kier alpha value is -4.73. The van der Waals surface area contributed by atoms with Gasteiger partial charge in [-0.1, -0.05) is 29.4 Å². The van der Waals surface area contributed by atoms with Crippen LogP contribution in [-0.2, 0) is 6.42 Å². The van der Waals surface area contributed by atoms with Crippen molar-refractivity contribution in [1.82, 2.24) is 35.3 Å². The van der Waals surface area contributed by atoms with Gasteiger partial charge in [0.2, 0.25) is 11.7 Å². The van der Waals surface area contributed by atoms with E-state index < -0.39 is 0 Å². The summed E-state index contributed by atoms with van der Waals surface area (Å²) in [6, 6.07) is 18.2. The third-order valence-electron chi connectivity index (χ3n) is 4.72. The van der Waals surface area contributed by atoms with E-state index in [1.54, 1.807) is 30.6 Å². The van der Waals surface area contributed by atoms with Gasteiger partial charge in [0.15, 0.2) is 0 Å². The van der Waals surface area contributed by atoms with Gasteiger partial charge in [0, 0.05) is 29.2 Å². The highest BCUT2D eigenvalue weighted by Crippen LogP contribution is 2.21. The Balaban J connectivity index is 1.35. The van der Waals surface area contributed by atoms with Crippen LogP contribution in [0.15, 0.2) is 83.9 Å². The molecule has 10 nitrogen and oxygen atoms in total. The fourth-order valence-corrected chi connectivity index (χ4v) is 3.16. The van der Waals surface area contributed by atoms with E-state index in [0.29, 0.717) is 35.1 Å². The minimum Gasteiger partial charge on any atom is -0.339 e. The Labute approximate surface area is 181 Å². The Morgan fingerprint density at radius 1 is 1.06 bits per heavy atom. The first-order valence-corrected chi connectivity index (χ1v) is 9.72. The number of amides is 1. The molecule has 0 radical (unpaired) electrons. The van der Waals surface area contributed by atoms with Crippen molar-refractivity contribution in [3.05, 3.63) is 96.4 Å². The molecule has 5 aromatic rings. The van der Waals surface area contributed by atoms with Crippen molar-refractivity contribution in [1.29, 1.82) is 0 Å². The number of benzene rings is 2. The Morgan fingerprint density at radius 3 is 2.84 bits per heavy atom. The molecule has 32 heavy (non-hydrogen) atoms. The number of anilines is 1. The molecule has 0 unspecified atom stereocenters. The number of para-hydroxylation sites is 1. The van der Waals surface area contributed by atoms with E-state index in [4.69, 9.17) is 4.52 Å². The summed E-state index contributed by atoms with van der Waals surface area (Å²) in [7, 11) is 0. The first-order chi connectivity index (χ1) is 15.8. The topological polar surface area (TPSA) is 125 Å². The van der Waals surface area contributed by atoms with E-state index in [0.717, 1.165) is 11.1 Å². The van der Waals surface area contributed by atoms with Crippen molar-refractivity contribution in [3.8, 4) is 17.1 Å². The number of hydrogen-bond donors (Lipinski definition) is 1. The number of nitrogens with zero attached hydrogens (tertiary/aromatic N) is 7. The maximum absolute atomic E-state index is 12.9. The van der Waals surface area contributed by atoms with E-state index in [1.807, 2.05) is 42.5 Å². The lowest BCUT2D eigenvalue weighted by Gasteiger charge is -2.10. The van der Waals surface area contributed by atoms with Gasteiger partial charge in [-0.3, -0.25) is 9.78 Å². The largest absolute Gasteiger partial charge is 0.339 e. The molecule has 3 aromatic heterocycles. The summed E-state index contributed by atoms with van der Waals surface area (Å²) in [5, 5.41) is 18.1. The van der Waals surface area contributed by atoms with Crippen molar-refractivity contribution in [3.63, 3.8) is 0 Å². The summed E-state index contributed by atoms with van der Waals surface area (Å²) < 4.78 is 6.89. The average Bonchev–Trinajstić information content (AvgIpc) is 3.54. The second-order valence-electron chi connectivity index (χ2n) is 6.85. The van der Waals surface area contributed by atoms with E-state index >= 15 is 0 Å². The van der Waals surface area contributed by atoms with Crippen LogP contribution in [0, 0.1) is 0 Å². The second kappa shape index (κ2) is 8.56. The number of tetrazole rings is 1. The van der Waals surface area contributed by atoms with Crippen molar-refractivity contribution in [2.45, 2.75) is 6.42 Å². The van der Waals surface area contributed by atoms with Gasteiger partial charge in [-0.05, 0) is 52.4 Å². The van der Waals surface area contributed by atoms with Crippen LogP contribution in [0.5, 0.6) is 0 Å². The summed E-state index contributed by atoms with van der Waals surface area (Å²) in [6.07, 6.45) is 5.19. The highest BCUT2D eigenvalue weighted by Gasteiger charge is 2.14. The summed E-state index contributed by atoms with van der Waals surface area (Å²) in [5.41, 5.74) is 3.44. The molecule has 5 rings (SSSR count). The molecule has 0 bridgehead atoms. The zero-order chi connectivity index (χ0) is 21.8. The van der Waals surface area contributed by atoms with Crippen LogP contribution in [0.2, 0.25) is 0 Å². The summed E-state index contributed by atoms with van der Waals surface area (Å²) in [6.45, 7) is 0. The number of carbonyl (C=O) groups is 1. The highest BCUT2D eigenvalue weighted by molar-refractivity contribution is 6.05. The standard InChI is InChI=1S/C22H16N8O2/c31-22(16-6-3-8-18(11-16)30-14-24-28-29-30)25-19-9-2-1-5-15(19)12-20-26-21(27-32-20)17-7-4-10-23-13-17/h1-11,13-14H,12H2,(H,25,31). The normalized spacial score (nSPS) is 10.8. The molecule has 0 saturated heterocycles. The monoisotopic (exact) mass is 424 g/mol. The number of carbonyl (C=O) groups excluding carboxylic acids is 1. The molecule has 0 atom stereocenters. The van der Waals surface area contributed by atoms with Gasteiger partial charge >= 0.3 is 0 Å². The fourth-order valence-electron chi connectivity index (χ4n) is 3.16. The van der Waals surface area contributed by atoms with Crippen LogP contribution in [0.25, 0.3) is 17.1 Å².